The third-order valence-electron chi connectivity index (χ3n) is 2.22. The maximum Gasteiger partial charge on any atom is 0.196 e. The highest BCUT2D eigenvalue weighted by Crippen LogP contribution is 2.21. The molecule has 1 heterocycles. The fourth-order valence-corrected chi connectivity index (χ4v) is 2.42. The molecule has 0 aliphatic heterocycles. The summed E-state index contributed by atoms with van der Waals surface area (Å²) in [5.74, 6) is 0. The number of rotatable bonds is 4. The fraction of sp³-hybridized carbons (Fsp3) is 0.636. The van der Waals surface area contributed by atoms with Crippen LogP contribution >= 0.6 is 15.9 Å². The van der Waals surface area contributed by atoms with E-state index >= 15 is 0 Å². The van der Waals surface area contributed by atoms with E-state index in [4.69, 9.17) is 0 Å². The lowest BCUT2D eigenvalue weighted by molar-refractivity contribution is 0.514. The molecule has 6 heteroatoms. The van der Waals surface area contributed by atoms with Gasteiger partial charge >= 0.3 is 0 Å². The number of nitrogens with zero attached hydrogens (tertiary/aromatic N) is 2. The third-order valence-corrected chi connectivity index (χ3v) is 4.21. The molecule has 0 bridgehead atoms. The zero-order chi connectivity index (χ0) is 13.1. The largest absolute Gasteiger partial charge is 0.598 e. The van der Waals surface area contributed by atoms with Crippen LogP contribution in [0.4, 0.5) is 0 Å². The van der Waals surface area contributed by atoms with E-state index in [0.717, 1.165) is 12.1 Å². The van der Waals surface area contributed by atoms with Gasteiger partial charge in [-0.15, -0.1) is 4.72 Å². The van der Waals surface area contributed by atoms with Crippen LogP contribution in [0.5, 0.6) is 0 Å². The summed E-state index contributed by atoms with van der Waals surface area (Å²) >= 11 is 2.14. The molecule has 0 amide bonds. The van der Waals surface area contributed by atoms with Crippen molar-refractivity contribution in [3.8, 4) is 0 Å². The summed E-state index contributed by atoms with van der Waals surface area (Å²) in [6.45, 7) is 7.86. The lowest BCUT2D eigenvalue weighted by atomic mass is 10.2. The third kappa shape index (κ3) is 4.54. The highest BCUT2D eigenvalue weighted by molar-refractivity contribution is 9.10. The molecule has 1 rings (SSSR count). The zero-order valence-corrected chi connectivity index (χ0v) is 12.9. The number of hydrogen-bond acceptors (Lipinski definition) is 4. The van der Waals surface area contributed by atoms with E-state index in [1.165, 1.54) is 0 Å². The number of nitrogens with one attached hydrogen (secondary N) is 1. The summed E-state index contributed by atoms with van der Waals surface area (Å²) in [5, 5.41) is 0. The molecular weight excluding hydrogens is 302 g/mol. The monoisotopic (exact) mass is 319 g/mol. The SMILES string of the molecule is CCC(N[S+]([O-])C(C)(C)C)c1ccnc(Br)n1. The topological polar surface area (TPSA) is 60.9 Å². The van der Waals surface area contributed by atoms with Crippen LogP contribution < -0.4 is 4.72 Å². The Labute approximate surface area is 114 Å². The molecule has 1 aromatic heterocycles. The Hall–Kier alpha value is -0.170. The Morgan fingerprint density at radius 2 is 2.18 bits per heavy atom. The smallest absolute Gasteiger partial charge is 0.196 e. The van der Waals surface area contributed by atoms with Crippen LogP contribution in [-0.2, 0) is 11.4 Å². The van der Waals surface area contributed by atoms with Gasteiger partial charge in [-0.3, -0.25) is 0 Å². The van der Waals surface area contributed by atoms with Gasteiger partial charge in [-0.25, -0.2) is 9.97 Å². The molecule has 2 unspecified atom stereocenters. The number of halogens is 1. The second-order valence-corrected chi connectivity index (χ2v) is 7.42. The minimum Gasteiger partial charge on any atom is -0.598 e. The van der Waals surface area contributed by atoms with Crippen LogP contribution in [0.25, 0.3) is 0 Å². The average Bonchev–Trinajstić information content (AvgIpc) is 2.24. The quantitative estimate of drug-likeness (QED) is 0.684. The van der Waals surface area contributed by atoms with Crippen molar-refractivity contribution < 1.29 is 4.55 Å². The molecule has 0 aliphatic rings. The molecule has 0 saturated carbocycles. The molecule has 4 nitrogen and oxygen atoms in total. The average molecular weight is 320 g/mol. The lowest BCUT2D eigenvalue weighted by Crippen LogP contribution is -2.41. The van der Waals surface area contributed by atoms with E-state index < -0.39 is 11.4 Å². The van der Waals surface area contributed by atoms with Gasteiger partial charge in [0.1, 0.15) is 4.75 Å². The van der Waals surface area contributed by atoms with Crippen molar-refractivity contribution >= 4 is 27.3 Å². The van der Waals surface area contributed by atoms with Gasteiger partial charge in [0.25, 0.3) is 0 Å². The standard InChI is InChI=1S/C11H18BrN3OS/c1-5-8(15-17(16)11(2,3)4)9-6-7-13-10(12)14-9/h6-8,15H,5H2,1-4H3. The molecule has 0 aliphatic carbocycles. The van der Waals surface area contributed by atoms with Crippen LogP contribution in [0.3, 0.4) is 0 Å². The highest BCUT2D eigenvalue weighted by Gasteiger charge is 2.29. The molecular formula is C11H18BrN3OS. The molecule has 0 aromatic carbocycles. The maximum atomic E-state index is 12.0. The predicted molar refractivity (Wildman–Crippen MR) is 73.8 cm³/mol. The second kappa shape index (κ2) is 6.13. The first-order chi connectivity index (χ1) is 7.84. The van der Waals surface area contributed by atoms with Crippen LogP contribution in [0.1, 0.15) is 45.9 Å². The van der Waals surface area contributed by atoms with Gasteiger partial charge < -0.3 is 4.55 Å². The van der Waals surface area contributed by atoms with Crippen molar-refractivity contribution in [3.63, 3.8) is 0 Å². The molecule has 1 aromatic rings. The normalized spacial score (nSPS) is 15.6. The first-order valence-electron chi connectivity index (χ1n) is 5.51. The van der Waals surface area contributed by atoms with Gasteiger partial charge in [0.05, 0.1) is 11.7 Å². The van der Waals surface area contributed by atoms with Crippen LogP contribution in [-0.4, -0.2) is 19.3 Å². The summed E-state index contributed by atoms with van der Waals surface area (Å²) in [5.41, 5.74) is 0.854. The van der Waals surface area contributed by atoms with Crippen LogP contribution in [0, 0.1) is 0 Å². The van der Waals surface area contributed by atoms with E-state index in [9.17, 15) is 4.55 Å². The Balaban J connectivity index is 2.79. The minimum atomic E-state index is -1.10. The Kier molecular flexibility index (Phi) is 5.37. The Bertz CT molecular complexity index is 370. The molecule has 17 heavy (non-hydrogen) atoms. The van der Waals surface area contributed by atoms with E-state index in [0.29, 0.717) is 4.73 Å². The van der Waals surface area contributed by atoms with E-state index in [1.54, 1.807) is 6.20 Å². The number of aromatic nitrogens is 2. The van der Waals surface area contributed by atoms with Crippen molar-refractivity contribution in [1.29, 1.82) is 0 Å². The zero-order valence-electron chi connectivity index (χ0n) is 10.5. The number of hydrogen-bond donors (Lipinski definition) is 1. The van der Waals surface area contributed by atoms with Crippen molar-refractivity contribution in [2.45, 2.75) is 44.9 Å². The van der Waals surface area contributed by atoms with Gasteiger partial charge in [-0.1, -0.05) is 6.92 Å². The molecule has 0 fully saturated rings. The van der Waals surface area contributed by atoms with Crippen molar-refractivity contribution in [2.24, 2.45) is 0 Å². The summed E-state index contributed by atoms with van der Waals surface area (Å²) in [4.78, 5) is 8.27. The molecule has 2 atom stereocenters. The summed E-state index contributed by atoms with van der Waals surface area (Å²) in [6, 6.07) is 1.82. The molecule has 0 radical (unpaired) electrons. The summed E-state index contributed by atoms with van der Waals surface area (Å²) in [6.07, 6.45) is 2.52. The van der Waals surface area contributed by atoms with Crippen molar-refractivity contribution in [1.82, 2.24) is 14.7 Å². The lowest BCUT2D eigenvalue weighted by Gasteiger charge is -2.27. The maximum absolute atomic E-state index is 12.0. The Morgan fingerprint density at radius 3 is 2.65 bits per heavy atom. The van der Waals surface area contributed by atoms with Gasteiger partial charge in [0, 0.05) is 17.6 Å². The molecule has 0 saturated heterocycles. The highest BCUT2D eigenvalue weighted by atomic mass is 79.9. The predicted octanol–water partition coefficient (Wildman–Crippen LogP) is 2.74. The van der Waals surface area contributed by atoms with E-state index in [-0.39, 0.29) is 10.8 Å². The fourth-order valence-electron chi connectivity index (χ4n) is 1.20. The second-order valence-electron chi connectivity index (χ2n) is 4.71. The minimum absolute atomic E-state index is 0.0191. The molecule has 1 N–H and O–H groups in total. The summed E-state index contributed by atoms with van der Waals surface area (Å²) in [7, 11) is 0. The van der Waals surface area contributed by atoms with Gasteiger partial charge in [0.2, 0.25) is 0 Å². The van der Waals surface area contributed by atoms with E-state index in [2.05, 4.69) is 30.6 Å². The van der Waals surface area contributed by atoms with Crippen molar-refractivity contribution in [3.05, 3.63) is 22.7 Å². The van der Waals surface area contributed by atoms with Gasteiger partial charge in [0.15, 0.2) is 4.73 Å². The van der Waals surface area contributed by atoms with Gasteiger partial charge in [-0.05, 0) is 49.2 Å². The Morgan fingerprint density at radius 1 is 1.53 bits per heavy atom. The molecule has 96 valence electrons. The van der Waals surface area contributed by atoms with Crippen LogP contribution in [0.15, 0.2) is 17.0 Å². The van der Waals surface area contributed by atoms with Gasteiger partial charge in [-0.2, -0.15) is 0 Å². The van der Waals surface area contributed by atoms with Crippen molar-refractivity contribution in [2.75, 3.05) is 0 Å². The first-order valence-corrected chi connectivity index (χ1v) is 7.45. The van der Waals surface area contributed by atoms with Crippen LogP contribution in [0.2, 0.25) is 0 Å². The molecule has 0 spiro atoms. The first kappa shape index (κ1) is 14.9. The van der Waals surface area contributed by atoms with E-state index in [1.807, 2.05) is 33.8 Å². The summed E-state index contributed by atoms with van der Waals surface area (Å²) < 4.78 is 15.4.